The lowest BCUT2D eigenvalue weighted by Crippen LogP contribution is -2.41. The Bertz CT molecular complexity index is 855. The first-order chi connectivity index (χ1) is 12.9. The molecule has 1 fully saturated rings. The topological polar surface area (TPSA) is 46.6 Å². The van der Waals surface area contributed by atoms with Crippen LogP contribution in [0.1, 0.15) is 35.1 Å². The maximum atomic E-state index is 13.3. The molecule has 1 heterocycles. The fourth-order valence-corrected chi connectivity index (χ4v) is 5.97. The molecule has 0 radical (unpaired) electrons. The van der Waals surface area contributed by atoms with Gasteiger partial charge in [-0.2, -0.15) is 4.31 Å². The normalized spacial score (nSPS) is 18.6. The van der Waals surface area contributed by atoms with Gasteiger partial charge in [0.2, 0.25) is 10.0 Å². The van der Waals surface area contributed by atoms with Crippen LogP contribution in [0.4, 0.5) is 0 Å². The highest BCUT2D eigenvalue weighted by atomic mass is 32.2. The van der Waals surface area contributed by atoms with Crippen LogP contribution in [-0.4, -0.2) is 32.4 Å². The minimum absolute atomic E-state index is 0.239. The van der Waals surface area contributed by atoms with E-state index in [0.29, 0.717) is 31.2 Å². The van der Waals surface area contributed by atoms with Crippen LogP contribution in [-0.2, 0) is 21.4 Å². The molecule has 0 spiro atoms. The summed E-state index contributed by atoms with van der Waals surface area (Å²) < 4.78 is 34.1. The number of rotatable bonds is 6. The quantitative estimate of drug-likeness (QED) is 0.745. The van der Waals surface area contributed by atoms with Gasteiger partial charge >= 0.3 is 0 Å². The molecule has 27 heavy (non-hydrogen) atoms. The Morgan fingerprint density at radius 2 is 1.74 bits per heavy atom. The molecular weight excluding hydrogens is 358 g/mol. The Balaban J connectivity index is 1.66. The highest BCUT2D eigenvalue weighted by Gasteiger charge is 2.32. The molecule has 0 aliphatic carbocycles. The van der Waals surface area contributed by atoms with Crippen molar-refractivity contribution in [3.63, 3.8) is 0 Å². The zero-order valence-corrected chi connectivity index (χ0v) is 17.3. The van der Waals surface area contributed by atoms with Crippen molar-refractivity contribution in [2.24, 2.45) is 5.92 Å². The summed E-state index contributed by atoms with van der Waals surface area (Å²) in [5.41, 5.74) is 3.89. The van der Waals surface area contributed by atoms with E-state index in [2.05, 4.69) is 0 Å². The molecule has 5 heteroatoms. The van der Waals surface area contributed by atoms with Crippen LogP contribution in [0.15, 0.2) is 47.4 Å². The molecule has 0 bridgehead atoms. The largest absolute Gasteiger partial charge is 0.376 e. The van der Waals surface area contributed by atoms with Gasteiger partial charge in [0.05, 0.1) is 18.1 Å². The average Bonchev–Trinajstić information content (AvgIpc) is 2.62. The molecule has 1 aliphatic rings. The van der Waals surface area contributed by atoms with Gasteiger partial charge in [0.1, 0.15) is 0 Å². The monoisotopic (exact) mass is 387 g/mol. The summed E-state index contributed by atoms with van der Waals surface area (Å²) in [6.45, 7) is 8.05. The molecule has 0 N–H and O–H groups in total. The van der Waals surface area contributed by atoms with Crippen LogP contribution in [0.3, 0.4) is 0 Å². The van der Waals surface area contributed by atoms with E-state index in [0.717, 1.165) is 35.1 Å². The Hall–Kier alpha value is -1.69. The van der Waals surface area contributed by atoms with Gasteiger partial charge in [0.15, 0.2) is 0 Å². The van der Waals surface area contributed by atoms with E-state index in [1.54, 1.807) is 4.31 Å². The fourth-order valence-electron chi connectivity index (χ4n) is 4.00. The number of hydrogen-bond acceptors (Lipinski definition) is 3. The van der Waals surface area contributed by atoms with E-state index in [1.165, 1.54) is 0 Å². The first-order valence-corrected chi connectivity index (χ1v) is 11.0. The van der Waals surface area contributed by atoms with E-state index in [-0.39, 0.29) is 5.92 Å². The van der Waals surface area contributed by atoms with E-state index in [4.69, 9.17) is 4.74 Å². The third-order valence-electron chi connectivity index (χ3n) is 5.15. The summed E-state index contributed by atoms with van der Waals surface area (Å²) in [6, 6.07) is 14.0. The number of ether oxygens (including phenoxy) is 1. The Morgan fingerprint density at radius 1 is 1.07 bits per heavy atom. The van der Waals surface area contributed by atoms with Crippen LogP contribution in [0, 0.1) is 26.7 Å². The highest BCUT2D eigenvalue weighted by Crippen LogP contribution is 2.29. The molecule has 0 amide bonds. The third kappa shape index (κ3) is 4.78. The van der Waals surface area contributed by atoms with Crippen molar-refractivity contribution in [1.82, 2.24) is 4.31 Å². The summed E-state index contributed by atoms with van der Waals surface area (Å²) >= 11 is 0. The van der Waals surface area contributed by atoms with Crippen molar-refractivity contribution in [2.45, 2.75) is 45.1 Å². The van der Waals surface area contributed by atoms with Gasteiger partial charge in [-0.05, 0) is 56.2 Å². The SMILES string of the molecule is Cc1cc(C)c(S(=O)(=O)N2CCCC(COCc3ccccc3)C2)c(C)c1. The lowest BCUT2D eigenvalue weighted by Gasteiger charge is -2.32. The van der Waals surface area contributed by atoms with Crippen molar-refractivity contribution in [3.05, 3.63) is 64.7 Å². The Kier molecular flexibility index (Phi) is 6.35. The molecule has 1 saturated heterocycles. The average molecular weight is 388 g/mol. The molecule has 3 rings (SSSR count). The highest BCUT2D eigenvalue weighted by molar-refractivity contribution is 7.89. The third-order valence-corrected chi connectivity index (χ3v) is 7.32. The number of piperidine rings is 1. The Labute approximate surface area is 163 Å². The summed E-state index contributed by atoms with van der Waals surface area (Å²) in [4.78, 5) is 0.471. The predicted octanol–water partition coefficient (Wildman–Crippen LogP) is 4.23. The number of aryl methyl sites for hydroxylation is 3. The summed E-state index contributed by atoms with van der Waals surface area (Å²) in [5, 5.41) is 0. The zero-order chi connectivity index (χ0) is 19.4. The van der Waals surface area contributed by atoms with Gasteiger partial charge in [0, 0.05) is 13.1 Å². The standard InChI is InChI=1S/C22H29NO3S/c1-17-12-18(2)22(19(3)13-17)27(24,25)23-11-7-10-21(14-23)16-26-15-20-8-5-4-6-9-20/h4-6,8-9,12-13,21H,7,10-11,14-16H2,1-3H3. The number of benzene rings is 2. The van der Waals surface area contributed by atoms with Gasteiger partial charge < -0.3 is 4.74 Å². The van der Waals surface area contributed by atoms with Gasteiger partial charge in [-0.25, -0.2) is 8.42 Å². The summed E-state index contributed by atoms with van der Waals surface area (Å²) in [7, 11) is -3.47. The van der Waals surface area contributed by atoms with Crippen molar-refractivity contribution in [3.8, 4) is 0 Å². The maximum absolute atomic E-state index is 13.3. The predicted molar refractivity (Wildman–Crippen MR) is 108 cm³/mol. The number of hydrogen-bond donors (Lipinski definition) is 0. The fraction of sp³-hybridized carbons (Fsp3) is 0.455. The minimum atomic E-state index is -3.47. The van der Waals surface area contributed by atoms with Crippen molar-refractivity contribution in [1.29, 1.82) is 0 Å². The van der Waals surface area contributed by atoms with Crippen LogP contribution in [0.5, 0.6) is 0 Å². The molecule has 1 aliphatic heterocycles. The van der Waals surface area contributed by atoms with Crippen LogP contribution in [0.2, 0.25) is 0 Å². The maximum Gasteiger partial charge on any atom is 0.243 e. The van der Waals surface area contributed by atoms with E-state index in [9.17, 15) is 8.42 Å². The molecule has 146 valence electrons. The molecular formula is C22H29NO3S. The number of nitrogens with zero attached hydrogens (tertiary/aromatic N) is 1. The summed E-state index contributed by atoms with van der Waals surface area (Å²) in [6.07, 6.45) is 1.88. The molecule has 2 aromatic rings. The van der Waals surface area contributed by atoms with Gasteiger partial charge in [-0.1, -0.05) is 48.0 Å². The first-order valence-electron chi connectivity index (χ1n) is 9.57. The van der Waals surface area contributed by atoms with Gasteiger partial charge in [0.25, 0.3) is 0 Å². The molecule has 0 saturated carbocycles. The first kappa shape index (κ1) is 20.1. The van der Waals surface area contributed by atoms with Crippen molar-refractivity contribution < 1.29 is 13.2 Å². The second-order valence-electron chi connectivity index (χ2n) is 7.60. The van der Waals surface area contributed by atoms with Crippen molar-refractivity contribution in [2.75, 3.05) is 19.7 Å². The second-order valence-corrected chi connectivity index (χ2v) is 9.47. The van der Waals surface area contributed by atoms with Gasteiger partial charge in [-0.3, -0.25) is 0 Å². The van der Waals surface area contributed by atoms with Crippen LogP contribution < -0.4 is 0 Å². The molecule has 1 atom stereocenters. The molecule has 4 nitrogen and oxygen atoms in total. The Morgan fingerprint density at radius 3 is 2.41 bits per heavy atom. The lowest BCUT2D eigenvalue weighted by molar-refractivity contribution is 0.0672. The van der Waals surface area contributed by atoms with Crippen LogP contribution >= 0.6 is 0 Å². The minimum Gasteiger partial charge on any atom is -0.376 e. The van der Waals surface area contributed by atoms with Gasteiger partial charge in [-0.15, -0.1) is 0 Å². The summed E-state index contributed by atoms with van der Waals surface area (Å²) in [5.74, 6) is 0.239. The lowest BCUT2D eigenvalue weighted by atomic mass is 10.0. The van der Waals surface area contributed by atoms with E-state index >= 15 is 0 Å². The smallest absolute Gasteiger partial charge is 0.243 e. The molecule has 2 aromatic carbocycles. The molecule has 1 unspecified atom stereocenters. The second kappa shape index (κ2) is 8.55. The van der Waals surface area contributed by atoms with E-state index < -0.39 is 10.0 Å². The van der Waals surface area contributed by atoms with E-state index in [1.807, 2.05) is 63.2 Å². The zero-order valence-electron chi connectivity index (χ0n) is 16.4. The number of sulfonamides is 1. The molecule has 0 aromatic heterocycles. The van der Waals surface area contributed by atoms with Crippen molar-refractivity contribution >= 4 is 10.0 Å². The van der Waals surface area contributed by atoms with Crippen LogP contribution in [0.25, 0.3) is 0 Å².